The molecule has 3 rings (SSSR count). The second-order valence-electron chi connectivity index (χ2n) is 7.96. The lowest BCUT2D eigenvalue weighted by Gasteiger charge is -2.24. The molecule has 1 atom stereocenters. The molecule has 2 aromatic rings. The van der Waals surface area contributed by atoms with Crippen LogP contribution >= 0.6 is 11.6 Å². The van der Waals surface area contributed by atoms with Crippen molar-refractivity contribution in [3.8, 4) is 11.5 Å². The van der Waals surface area contributed by atoms with Crippen molar-refractivity contribution in [1.29, 1.82) is 0 Å². The number of hydrogen-bond donors (Lipinski definition) is 2. The van der Waals surface area contributed by atoms with Gasteiger partial charge in [0.1, 0.15) is 17.3 Å². The Morgan fingerprint density at radius 3 is 2.53 bits per heavy atom. The number of unbranched alkanes of at least 4 members (excludes halogenated alkanes) is 1. The Morgan fingerprint density at radius 1 is 1.24 bits per heavy atom. The molecule has 1 aromatic heterocycles. The van der Waals surface area contributed by atoms with Crippen molar-refractivity contribution >= 4 is 40.6 Å². The van der Waals surface area contributed by atoms with Crippen LogP contribution in [0, 0.1) is 5.92 Å². The fourth-order valence-corrected chi connectivity index (χ4v) is 4.22. The van der Waals surface area contributed by atoms with E-state index in [4.69, 9.17) is 26.8 Å². The lowest BCUT2D eigenvalue weighted by Crippen LogP contribution is -2.42. The van der Waals surface area contributed by atoms with E-state index in [1.54, 1.807) is 12.1 Å². The van der Waals surface area contributed by atoms with Gasteiger partial charge in [-0.2, -0.15) is 0 Å². The SMILES string of the molecule is CCCCn1c(N)c(N(C)C(=O)C2CC(=O)N(c3cc(Cl)c(OC)cc3OC)C2)c(=O)[nH]c1=O. The second kappa shape index (κ2) is 10.2. The Hall–Kier alpha value is -3.47. The van der Waals surface area contributed by atoms with Gasteiger partial charge in [0, 0.05) is 32.6 Å². The molecule has 1 aromatic carbocycles. The van der Waals surface area contributed by atoms with E-state index in [-0.39, 0.29) is 35.4 Å². The highest BCUT2D eigenvalue weighted by Gasteiger charge is 2.39. The summed E-state index contributed by atoms with van der Waals surface area (Å²) in [6.45, 7) is 2.31. The van der Waals surface area contributed by atoms with Crippen LogP contribution in [0.15, 0.2) is 21.7 Å². The predicted molar refractivity (Wildman–Crippen MR) is 129 cm³/mol. The van der Waals surface area contributed by atoms with E-state index >= 15 is 0 Å². The van der Waals surface area contributed by atoms with Gasteiger partial charge in [0.25, 0.3) is 5.56 Å². The number of hydrogen-bond acceptors (Lipinski definition) is 7. The Morgan fingerprint density at radius 2 is 1.91 bits per heavy atom. The van der Waals surface area contributed by atoms with Crippen LogP contribution in [0.2, 0.25) is 5.02 Å². The van der Waals surface area contributed by atoms with Gasteiger partial charge in [0.05, 0.1) is 30.8 Å². The van der Waals surface area contributed by atoms with Crippen LogP contribution in [0.1, 0.15) is 26.2 Å². The smallest absolute Gasteiger partial charge is 0.330 e. The molecule has 0 saturated carbocycles. The summed E-state index contributed by atoms with van der Waals surface area (Å²) in [6, 6.07) is 3.10. The van der Waals surface area contributed by atoms with Crippen molar-refractivity contribution in [1.82, 2.24) is 9.55 Å². The van der Waals surface area contributed by atoms with Gasteiger partial charge in [-0.15, -0.1) is 0 Å². The third-order valence-electron chi connectivity index (χ3n) is 5.83. The first kappa shape index (κ1) is 25.2. The van der Waals surface area contributed by atoms with Crippen LogP contribution in [0.5, 0.6) is 11.5 Å². The number of ether oxygens (including phenoxy) is 2. The van der Waals surface area contributed by atoms with E-state index in [9.17, 15) is 19.2 Å². The van der Waals surface area contributed by atoms with E-state index in [0.717, 1.165) is 11.3 Å². The molecular formula is C22H28ClN5O6. The Balaban J connectivity index is 1.90. The fraction of sp³-hybridized carbons (Fsp3) is 0.455. The summed E-state index contributed by atoms with van der Waals surface area (Å²) in [6.07, 6.45) is 1.41. The topological polar surface area (TPSA) is 140 Å². The van der Waals surface area contributed by atoms with Crippen LogP contribution in [-0.2, 0) is 16.1 Å². The number of anilines is 3. The highest BCUT2D eigenvalue weighted by molar-refractivity contribution is 6.32. The molecule has 2 heterocycles. The minimum Gasteiger partial charge on any atom is -0.495 e. The van der Waals surface area contributed by atoms with Crippen LogP contribution < -0.4 is 36.3 Å². The average Bonchev–Trinajstić information content (AvgIpc) is 3.19. The van der Waals surface area contributed by atoms with Gasteiger partial charge in [-0.05, 0) is 12.5 Å². The maximum absolute atomic E-state index is 13.3. The minimum atomic E-state index is -0.768. The van der Waals surface area contributed by atoms with Gasteiger partial charge < -0.3 is 25.0 Å². The first-order valence-electron chi connectivity index (χ1n) is 10.8. The number of nitrogens with two attached hydrogens (primary N) is 1. The molecule has 0 spiro atoms. The number of nitrogens with one attached hydrogen (secondary N) is 1. The number of aromatic amines is 1. The molecule has 0 bridgehead atoms. The van der Waals surface area contributed by atoms with E-state index in [2.05, 4.69) is 4.98 Å². The highest BCUT2D eigenvalue weighted by Crippen LogP contribution is 2.40. The standard InChI is InChI=1S/C22H28ClN5O6/c1-5-6-7-27-19(24)18(20(30)25-22(27)32)26(2)21(31)12-8-17(29)28(11-12)14-9-13(23)15(33-3)10-16(14)34-4/h9-10,12H,5-8,11,24H2,1-4H3,(H,25,30,32). The number of carbonyl (C=O) groups excluding carboxylic acids is 2. The van der Waals surface area contributed by atoms with Crippen molar-refractivity contribution in [3.63, 3.8) is 0 Å². The van der Waals surface area contributed by atoms with Crippen molar-refractivity contribution in [2.24, 2.45) is 5.92 Å². The summed E-state index contributed by atoms with van der Waals surface area (Å²) < 4.78 is 11.8. The number of methoxy groups -OCH3 is 2. The predicted octanol–water partition coefficient (Wildman–Crippen LogP) is 1.61. The zero-order valence-electron chi connectivity index (χ0n) is 19.5. The Bertz CT molecular complexity index is 1220. The number of nitrogens with zero attached hydrogens (tertiary/aromatic N) is 3. The molecule has 34 heavy (non-hydrogen) atoms. The number of amides is 2. The van der Waals surface area contributed by atoms with Gasteiger partial charge in [-0.25, -0.2) is 4.79 Å². The van der Waals surface area contributed by atoms with Crippen LogP contribution in [0.4, 0.5) is 17.2 Å². The molecule has 0 radical (unpaired) electrons. The molecule has 0 aliphatic carbocycles. The maximum atomic E-state index is 13.3. The summed E-state index contributed by atoms with van der Waals surface area (Å²) in [5.74, 6) is -0.886. The monoisotopic (exact) mass is 493 g/mol. The molecule has 1 unspecified atom stereocenters. The quantitative estimate of drug-likeness (QED) is 0.569. The first-order valence-corrected chi connectivity index (χ1v) is 11.1. The number of aromatic nitrogens is 2. The highest BCUT2D eigenvalue weighted by atomic mass is 35.5. The van der Waals surface area contributed by atoms with E-state index < -0.39 is 23.1 Å². The molecule has 11 nitrogen and oxygen atoms in total. The number of benzene rings is 1. The normalized spacial score (nSPS) is 15.5. The molecule has 3 N–H and O–H groups in total. The minimum absolute atomic E-state index is 0.0499. The van der Waals surface area contributed by atoms with Crippen LogP contribution in [0.3, 0.4) is 0 Å². The lowest BCUT2D eigenvalue weighted by molar-refractivity contribution is -0.124. The zero-order chi connectivity index (χ0) is 25.2. The summed E-state index contributed by atoms with van der Waals surface area (Å²) in [4.78, 5) is 55.5. The molecule has 1 saturated heterocycles. The van der Waals surface area contributed by atoms with Crippen molar-refractivity contribution in [3.05, 3.63) is 38.0 Å². The third kappa shape index (κ3) is 4.60. The maximum Gasteiger partial charge on any atom is 0.330 e. The van der Waals surface area contributed by atoms with Gasteiger partial charge in [-0.3, -0.25) is 23.9 Å². The molecule has 2 amide bonds. The van der Waals surface area contributed by atoms with E-state index in [1.165, 1.54) is 30.7 Å². The van der Waals surface area contributed by atoms with E-state index in [1.807, 2.05) is 6.92 Å². The average molecular weight is 494 g/mol. The Labute approximate surface area is 201 Å². The molecule has 1 aliphatic heterocycles. The number of carbonyl (C=O) groups is 2. The van der Waals surface area contributed by atoms with Crippen molar-refractivity contribution in [2.75, 3.05) is 43.3 Å². The van der Waals surface area contributed by atoms with Crippen LogP contribution in [0.25, 0.3) is 0 Å². The van der Waals surface area contributed by atoms with Gasteiger partial charge in [0.15, 0.2) is 5.69 Å². The largest absolute Gasteiger partial charge is 0.495 e. The first-order chi connectivity index (χ1) is 16.1. The summed E-state index contributed by atoms with van der Waals surface area (Å²) in [5.41, 5.74) is 4.99. The number of nitrogen functional groups attached to an aromatic ring is 1. The van der Waals surface area contributed by atoms with E-state index in [0.29, 0.717) is 30.2 Å². The third-order valence-corrected chi connectivity index (χ3v) is 6.13. The zero-order valence-corrected chi connectivity index (χ0v) is 20.3. The van der Waals surface area contributed by atoms with Gasteiger partial charge in [-0.1, -0.05) is 24.9 Å². The second-order valence-corrected chi connectivity index (χ2v) is 8.37. The summed E-state index contributed by atoms with van der Waals surface area (Å²) >= 11 is 6.24. The summed E-state index contributed by atoms with van der Waals surface area (Å²) in [7, 11) is 4.31. The molecule has 1 fully saturated rings. The molecule has 1 aliphatic rings. The fourth-order valence-electron chi connectivity index (χ4n) is 3.98. The van der Waals surface area contributed by atoms with Gasteiger partial charge in [0.2, 0.25) is 11.8 Å². The molecular weight excluding hydrogens is 466 g/mol. The lowest BCUT2D eigenvalue weighted by atomic mass is 10.1. The molecule has 12 heteroatoms. The molecule has 184 valence electrons. The number of rotatable bonds is 8. The van der Waals surface area contributed by atoms with Crippen molar-refractivity contribution < 1.29 is 19.1 Å². The Kier molecular flexibility index (Phi) is 7.55. The number of halogens is 1. The number of H-pyrrole nitrogens is 1. The van der Waals surface area contributed by atoms with Crippen molar-refractivity contribution in [2.45, 2.75) is 32.7 Å². The summed E-state index contributed by atoms with van der Waals surface area (Å²) in [5, 5.41) is 0.284. The van der Waals surface area contributed by atoms with Crippen LogP contribution in [-0.4, -0.2) is 49.2 Å². The van der Waals surface area contributed by atoms with Gasteiger partial charge >= 0.3 is 5.69 Å².